The normalized spacial score (nSPS) is 10.7. The molecule has 0 saturated heterocycles. The molecule has 0 bridgehead atoms. The summed E-state index contributed by atoms with van der Waals surface area (Å²) in [5, 5.41) is 0.483. The van der Waals surface area contributed by atoms with Crippen LogP contribution in [0.5, 0.6) is 0 Å². The van der Waals surface area contributed by atoms with Crippen LogP contribution in [0.15, 0.2) is 26.2 Å². The van der Waals surface area contributed by atoms with E-state index in [1.54, 1.807) is 6.07 Å². The van der Waals surface area contributed by atoms with Gasteiger partial charge in [-0.3, -0.25) is 9.78 Å². The SMILES string of the molecule is Cc1cc(Br)c2[nH]c(=O)[nH]c(=O)c2c1. The molecular weight excluding hydrogens is 248 g/mol. The molecule has 0 saturated carbocycles. The van der Waals surface area contributed by atoms with E-state index in [0.29, 0.717) is 10.9 Å². The average Bonchev–Trinajstić information content (AvgIpc) is 2.07. The van der Waals surface area contributed by atoms with Crippen LogP contribution in [0.25, 0.3) is 10.9 Å². The summed E-state index contributed by atoms with van der Waals surface area (Å²) in [5.74, 6) is 0. The Balaban J connectivity index is 3.10. The molecule has 4 nitrogen and oxygen atoms in total. The number of hydrogen-bond acceptors (Lipinski definition) is 2. The number of H-pyrrole nitrogens is 2. The third-order valence-corrected chi connectivity index (χ3v) is 2.57. The lowest BCUT2D eigenvalue weighted by Gasteiger charge is -2.00. The minimum absolute atomic E-state index is 0.367. The first kappa shape index (κ1) is 9.21. The van der Waals surface area contributed by atoms with Crippen LogP contribution < -0.4 is 11.2 Å². The predicted octanol–water partition coefficient (Wildman–Crippen LogP) is 1.29. The van der Waals surface area contributed by atoms with E-state index >= 15 is 0 Å². The van der Waals surface area contributed by atoms with E-state index in [1.165, 1.54) is 0 Å². The van der Waals surface area contributed by atoms with Crippen molar-refractivity contribution in [3.63, 3.8) is 0 Å². The number of aryl methyl sites for hydroxylation is 1. The lowest BCUT2D eigenvalue weighted by Crippen LogP contribution is -2.22. The number of hydrogen-bond donors (Lipinski definition) is 2. The fourth-order valence-electron chi connectivity index (χ4n) is 1.36. The lowest BCUT2D eigenvalue weighted by molar-refractivity contribution is 1.08. The van der Waals surface area contributed by atoms with Crippen molar-refractivity contribution >= 4 is 26.8 Å². The van der Waals surface area contributed by atoms with Crippen LogP contribution in [0.1, 0.15) is 5.56 Å². The number of benzene rings is 1. The molecule has 0 spiro atoms. The molecule has 72 valence electrons. The Morgan fingerprint density at radius 2 is 1.93 bits per heavy atom. The topological polar surface area (TPSA) is 65.7 Å². The van der Waals surface area contributed by atoms with Crippen molar-refractivity contribution in [1.82, 2.24) is 9.97 Å². The summed E-state index contributed by atoms with van der Waals surface area (Å²) in [6, 6.07) is 3.58. The van der Waals surface area contributed by atoms with Gasteiger partial charge in [-0.05, 0) is 40.5 Å². The Morgan fingerprint density at radius 1 is 1.21 bits per heavy atom. The molecule has 1 aromatic heterocycles. The maximum Gasteiger partial charge on any atom is 0.326 e. The standard InChI is InChI=1S/C9H7BrN2O2/c1-4-2-5-7(6(10)3-4)11-9(14)12-8(5)13/h2-3H,1H3,(H2,11,12,13,14). The molecule has 1 heterocycles. The van der Waals surface area contributed by atoms with Gasteiger partial charge in [-0.15, -0.1) is 0 Å². The summed E-state index contributed by atoms with van der Waals surface area (Å²) >= 11 is 3.29. The van der Waals surface area contributed by atoms with Crippen molar-refractivity contribution in [3.05, 3.63) is 43.0 Å². The largest absolute Gasteiger partial charge is 0.326 e. The molecule has 1 aromatic carbocycles. The van der Waals surface area contributed by atoms with Gasteiger partial charge in [-0.1, -0.05) is 0 Å². The van der Waals surface area contributed by atoms with Crippen LogP contribution in [0.3, 0.4) is 0 Å². The zero-order chi connectivity index (χ0) is 10.3. The van der Waals surface area contributed by atoms with Crippen LogP contribution in [0.4, 0.5) is 0 Å². The Bertz CT molecular complexity index is 612. The summed E-state index contributed by atoms with van der Waals surface area (Å²) < 4.78 is 0.718. The molecule has 2 aromatic rings. The molecule has 0 radical (unpaired) electrons. The van der Waals surface area contributed by atoms with Crippen LogP contribution in [-0.4, -0.2) is 9.97 Å². The molecule has 0 aliphatic carbocycles. The van der Waals surface area contributed by atoms with E-state index < -0.39 is 5.69 Å². The van der Waals surface area contributed by atoms with Crippen molar-refractivity contribution in [2.45, 2.75) is 6.92 Å². The molecule has 0 amide bonds. The van der Waals surface area contributed by atoms with Gasteiger partial charge in [-0.2, -0.15) is 0 Å². The van der Waals surface area contributed by atoms with Gasteiger partial charge in [0.25, 0.3) is 5.56 Å². The third kappa shape index (κ3) is 1.39. The minimum Gasteiger partial charge on any atom is -0.306 e. The maximum atomic E-state index is 11.4. The fraction of sp³-hybridized carbons (Fsp3) is 0.111. The van der Waals surface area contributed by atoms with Crippen molar-refractivity contribution in [3.8, 4) is 0 Å². The number of fused-ring (bicyclic) bond motifs is 1. The van der Waals surface area contributed by atoms with E-state index in [2.05, 4.69) is 25.9 Å². The van der Waals surface area contributed by atoms with Crippen molar-refractivity contribution in [2.75, 3.05) is 0 Å². The first-order chi connectivity index (χ1) is 6.58. The molecule has 0 atom stereocenters. The summed E-state index contributed by atoms with van der Waals surface area (Å²) in [6.45, 7) is 1.88. The highest BCUT2D eigenvalue weighted by Gasteiger charge is 2.04. The summed E-state index contributed by atoms with van der Waals surface area (Å²) in [6.07, 6.45) is 0. The number of halogens is 1. The van der Waals surface area contributed by atoms with Gasteiger partial charge < -0.3 is 4.98 Å². The number of rotatable bonds is 0. The van der Waals surface area contributed by atoms with Gasteiger partial charge in [0.1, 0.15) is 0 Å². The van der Waals surface area contributed by atoms with E-state index in [-0.39, 0.29) is 5.56 Å². The van der Waals surface area contributed by atoms with Gasteiger partial charge in [0.2, 0.25) is 0 Å². The molecule has 0 aliphatic heterocycles. The van der Waals surface area contributed by atoms with E-state index in [1.807, 2.05) is 13.0 Å². The highest BCUT2D eigenvalue weighted by atomic mass is 79.9. The second-order valence-corrected chi connectivity index (χ2v) is 3.93. The minimum atomic E-state index is -0.493. The first-order valence-electron chi connectivity index (χ1n) is 4.00. The van der Waals surface area contributed by atoms with E-state index in [9.17, 15) is 9.59 Å². The molecular formula is C9H7BrN2O2. The molecule has 2 N–H and O–H groups in total. The summed E-state index contributed by atoms with van der Waals surface area (Å²) in [4.78, 5) is 27.2. The van der Waals surface area contributed by atoms with Crippen LogP contribution in [-0.2, 0) is 0 Å². The monoisotopic (exact) mass is 254 g/mol. The van der Waals surface area contributed by atoms with Crippen LogP contribution in [0, 0.1) is 6.92 Å². The fourth-order valence-corrected chi connectivity index (χ4v) is 2.04. The highest BCUT2D eigenvalue weighted by Crippen LogP contribution is 2.20. The second kappa shape index (κ2) is 3.09. The first-order valence-corrected chi connectivity index (χ1v) is 4.79. The number of nitrogens with one attached hydrogen (secondary N) is 2. The Morgan fingerprint density at radius 3 is 2.64 bits per heavy atom. The number of aromatic amines is 2. The van der Waals surface area contributed by atoms with Gasteiger partial charge in [0, 0.05) is 4.47 Å². The third-order valence-electron chi connectivity index (χ3n) is 1.94. The summed E-state index contributed by atoms with van der Waals surface area (Å²) in [5.41, 5.74) is 0.631. The molecule has 5 heteroatoms. The average molecular weight is 255 g/mol. The van der Waals surface area contributed by atoms with E-state index in [4.69, 9.17) is 0 Å². The highest BCUT2D eigenvalue weighted by molar-refractivity contribution is 9.10. The maximum absolute atomic E-state index is 11.4. The smallest absolute Gasteiger partial charge is 0.306 e. The van der Waals surface area contributed by atoms with E-state index in [0.717, 1.165) is 10.0 Å². The Labute approximate surface area is 87.1 Å². The molecule has 0 fully saturated rings. The Kier molecular flexibility index (Phi) is 2.03. The summed E-state index contributed by atoms with van der Waals surface area (Å²) in [7, 11) is 0. The quantitative estimate of drug-likeness (QED) is 0.744. The van der Waals surface area contributed by atoms with Crippen molar-refractivity contribution in [2.24, 2.45) is 0 Å². The van der Waals surface area contributed by atoms with Gasteiger partial charge in [0.15, 0.2) is 0 Å². The lowest BCUT2D eigenvalue weighted by atomic mass is 10.2. The van der Waals surface area contributed by atoms with Crippen molar-refractivity contribution < 1.29 is 0 Å². The zero-order valence-corrected chi connectivity index (χ0v) is 8.94. The number of aromatic nitrogens is 2. The molecule has 0 aliphatic rings. The van der Waals surface area contributed by atoms with Crippen molar-refractivity contribution in [1.29, 1.82) is 0 Å². The van der Waals surface area contributed by atoms with Crippen LogP contribution >= 0.6 is 15.9 Å². The van der Waals surface area contributed by atoms with Gasteiger partial charge in [-0.25, -0.2) is 4.79 Å². The Hall–Kier alpha value is -1.36. The van der Waals surface area contributed by atoms with Crippen LogP contribution in [0.2, 0.25) is 0 Å². The zero-order valence-electron chi connectivity index (χ0n) is 7.35. The molecule has 0 unspecified atom stereocenters. The molecule has 14 heavy (non-hydrogen) atoms. The molecule has 2 rings (SSSR count). The second-order valence-electron chi connectivity index (χ2n) is 3.08. The van der Waals surface area contributed by atoms with Gasteiger partial charge in [0.05, 0.1) is 10.9 Å². The van der Waals surface area contributed by atoms with Gasteiger partial charge >= 0.3 is 5.69 Å². The predicted molar refractivity (Wildman–Crippen MR) is 57.6 cm³/mol.